The number of hydrogen-bond donors (Lipinski definition) is 1. The summed E-state index contributed by atoms with van der Waals surface area (Å²) < 4.78 is 0. The Morgan fingerprint density at radius 1 is 1.23 bits per heavy atom. The van der Waals surface area contributed by atoms with Crippen LogP contribution < -0.4 is 4.90 Å². The molecule has 1 aliphatic heterocycles. The maximum atomic E-state index is 13.4. The molecule has 1 amide bonds. The van der Waals surface area contributed by atoms with Crippen LogP contribution in [0.2, 0.25) is 0 Å². The number of aromatic nitrogens is 4. The van der Waals surface area contributed by atoms with Crippen molar-refractivity contribution < 1.29 is 4.79 Å². The number of anilines is 1. The Kier molecular flexibility index (Phi) is 5.53. The fourth-order valence-electron chi connectivity index (χ4n) is 4.05. The molecule has 1 N–H and O–H groups in total. The minimum absolute atomic E-state index is 0.0272. The van der Waals surface area contributed by atoms with Gasteiger partial charge in [0, 0.05) is 32.4 Å². The van der Waals surface area contributed by atoms with E-state index in [1.807, 2.05) is 49.0 Å². The molecule has 0 bridgehead atoms. The van der Waals surface area contributed by atoms with Gasteiger partial charge in [0.15, 0.2) is 0 Å². The van der Waals surface area contributed by atoms with E-state index in [2.05, 4.69) is 39.2 Å². The molecule has 0 saturated carbocycles. The molecule has 1 aliphatic rings. The number of amides is 1. The van der Waals surface area contributed by atoms with Crippen LogP contribution in [0.3, 0.4) is 0 Å². The standard InChI is InChI=1S/C23H28N6O/c1-15-7-9-17(10-8-15)16(2)22(30)29-13-5-6-20(29)21-18(14-25-27-21)19-11-12-24-23(26-19)28(3)4/h7-12,14,16,20H,5-6,13H2,1-4H3,(H,25,27). The third-order valence-electron chi connectivity index (χ3n) is 5.80. The highest BCUT2D eigenvalue weighted by Gasteiger charge is 2.35. The van der Waals surface area contributed by atoms with E-state index >= 15 is 0 Å². The Labute approximate surface area is 177 Å². The van der Waals surface area contributed by atoms with Gasteiger partial charge in [0.1, 0.15) is 0 Å². The molecule has 156 valence electrons. The van der Waals surface area contributed by atoms with E-state index in [4.69, 9.17) is 0 Å². The second kappa shape index (κ2) is 8.26. The predicted octanol–water partition coefficient (Wildman–Crippen LogP) is 3.71. The monoisotopic (exact) mass is 404 g/mol. The summed E-state index contributed by atoms with van der Waals surface area (Å²) in [6.07, 6.45) is 5.43. The summed E-state index contributed by atoms with van der Waals surface area (Å²) in [6.45, 7) is 4.80. The fraction of sp³-hybridized carbons (Fsp3) is 0.391. The third-order valence-corrected chi connectivity index (χ3v) is 5.80. The number of likely N-dealkylation sites (tertiary alicyclic amines) is 1. The Hall–Kier alpha value is -3.22. The van der Waals surface area contributed by atoms with Crippen LogP contribution in [-0.2, 0) is 4.79 Å². The largest absolute Gasteiger partial charge is 0.347 e. The van der Waals surface area contributed by atoms with Gasteiger partial charge < -0.3 is 9.80 Å². The maximum absolute atomic E-state index is 13.4. The van der Waals surface area contributed by atoms with Gasteiger partial charge in [0.25, 0.3) is 0 Å². The quantitative estimate of drug-likeness (QED) is 0.701. The van der Waals surface area contributed by atoms with Gasteiger partial charge in [0.2, 0.25) is 11.9 Å². The van der Waals surface area contributed by atoms with Crippen LogP contribution in [-0.4, -0.2) is 51.6 Å². The molecular formula is C23H28N6O. The number of aryl methyl sites for hydroxylation is 1. The summed E-state index contributed by atoms with van der Waals surface area (Å²) in [4.78, 5) is 26.2. The average Bonchev–Trinajstić information content (AvgIpc) is 3.42. The third kappa shape index (κ3) is 3.79. The van der Waals surface area contributed by atoms with E-state index in [-0.39, 0.29) is 17.9 Å². The molecule has 0 radical (unpaired) electrons. The molecule has 0 spiro atoms. The molecule has 7 nitrogen and oxygen atoms in total. The highest BCUT2D eigenvalue weighted by atomic mass is 16.2. The van der Waals surface area contributed by atoms with Crippen LogP contribution in [0.25, 0.3) is 11.3 Å². The van der Waals surface area contributed by atoms with Gasteiger partial charge in [-0.3, -0.25) is 9.89 Å². The summed E-state index contributed by atoms with van der Waals surface area (Å²) in [7, 11) is 3.83. The first kappa shape index (κ1) is 20.1. The molecule has 2 atom stereocenters. The molecule has 1 aromatic carbocycles. The summed E-state index contributed by atoms with van der Waals surface area (Å²) in [6, 6.07) is 10.1. The topological polar surface area (TPSA) is 78.0 Å². The molecule has 3 heterocycles. The van der Waals surface area contributed by atoms with Crippen molar-refractivity contribution >= 4 is 11.9 Å². The molecule has 1 saturated heterocycles. The summed E-state index contributed by atoms with van der Waals surface area (Å²) in [5.74, 6) is 0.613. The molecule has 4 rings (SSSR count). The van der Waals surface area contributed by atoms with Gasteiger partial charge in [-0.1, -0.05) is 29.8 Å². The number of aromatic amines is 1. The van der Waals surface area contributed by atoms with Crippen LogP contribution in [0.5, 0.6) is 0 Å². The highest BCUT2D eigenvalue weighted by molar-refractivity contribution is 5.84. The fourth-order valence-corrected chi connectivity index (χ4v) is 4.05. The molecule has 0 aliphatic carbocycles. The van der Waals surface area contributed by atoms with Crippen LogP contribution in [0.4, 0.5) is 5.95 Å². The van der Waals surface area contributed by atoms with E-state index in [1.165, 1.54) is 5.56 Å². The molecule has 3 aromatic rings. The summed E-state index contributed by atoms with van der Waals surface area (Å²) in [5, 5.41) is 7.44. The first-order chi connectivity index (χ1) is 14.5. The first-order valence-electron chi connectivity index (χ1n) is 10.4. The van der Waals surface area contributed by atoms with Crippen molar-refractivity contribution in [2.75, 3.05) is 25.5 Å². The van der Waals surface area contributed by atoms with Gasteiger partial charge in [-0.25, -0.2) is 9.97 Å². The normalized spacial score (nSPS) is 17.2. The van der Waals surface area contributed by atoms with E-state index in [1.54, 1.807) is 12.4 Å². The molecule has 2 aromatic heterocycles. The molecule has 1 fully saturated rings. The van der Waals surface area contributed by atoms with Crippen molar-refractivity contribution in [2.24, 2.45) is 0 Å². The van der Waals surface area contributed by atoms with Crippen molar-refractivity contribution in [1.82, 2.24) is 25.1 Å². The van der Waals surface area contributed by atoms with E-state index in [9.17, 15) is 4.79 Å². The Morgan fingerprint density at radius 2 is 2.00 bits per heavy atom. The summed E-state index contributed by atoms with van der Waals surface area (Å²) >= 11 is 0. The first-order valence-corrected chi connectivity index (χ1v) is 10.4. The Balaban J connectivity index is 1.62. The maximum Gasteiger partial charge on any atom is 0.230 e. The van der Waals surface area contributed by atoms with Crippen molar-refractivity contribution in [2.45, 2.75) is 38.6 Å². The molecular weight excluding hydrogens is 376 g/mol. The zero-order chi connectivity index (χ0) is 21.3. The van der Waals surface area contributed by atoms with Gasteiger partial charge in [-0.15, -0.1) is 0 Å². The molecule has 30 heavy (non-hydrogen) atoms. The van der Waals surface area contributed by atoms with Crippen LogP contribution in [0.1, 0.15) is 48.5 Å². The smallest absolute Gasteiger partial charge is 0.230 e. The number of benzene rings is 1. The highest BCUT2D eigenvalue weighted by Crippen LogP contribution is 2.37. The Bertz CT molecular complexity index is 1030. The van der Waals surface area contributed by atoms with E-state index in [0.29, 0.717) is 5.95 Å². The second-order valence-electron chi connectivity index (χ2n) is 8.16. The number of carbonyl (C=O) groups is 1. The number of carbonyl (C=O) groups excluding carboxylic acids is 1. The number of hydrogen-bond acceptors (Lipinski definition) is 5. The number of H-pyrrole nitrogens is 1. The van der Waals surface area contributed by atoms with Gasteiger partial charge in [-0.05, 0) is 38.3 Å². The minimum Gasteiger partial charge on any atom is -0.347 e. The van der Waals surface area contributed by atoms with E-state index in [0.717, 1.165) is 41.9 Å². The van der Waals surface area contributed by atoms with E-state index < -0.39 is 0 Å². The minimum atomic E-state index is -0.183. The van der Waals surface area contributed by atoms with Gasteiger partial charge in [0.05, 0.1) is 29.5 Å². The predicted molar refractivity (Wildman–Crippen MR) is 117 cm³/mol. The van der Waals surface area contributed by atoms with Crippen molar-refractivity contribution in [3.8, 4) is 11.3 Å². The lowest BCUT2D eigenvalue weighted by Gasteiger charge is -2.28. The van der Waals surface area contributed by atoms with Crippen molar-refractivity contribution in [3.05, 3.63) is 59.5 Å². The summed E-state index contributed by atoms with van der Waals surface area (Å²) in [5.41, 5.74) is 4.92. The average molecular weight is 405 g/mol. The second-order valence-corrected chi connectivity index (χ2v) is 8.16. The lowest BCUT2D eigenvalue weighted by Crippen LogP contribution is -2.34. The van der Waals surface area contributed by atoms with Gasteiger partial charge >= 0.3 is 0 Å². The van der Waals surface area contributed by atoms with Crippen LogP contribution in [0.15, 0.2) is 42.7 Å². The number of nitrogens with zero attached hydrogens (tertiary/aromatic N) is 5. The zero-order valence-electron chi connectivity index (χ0n) is 18.0. The lowest BCUT2D eigenvalue weighted by molar-refractivity contribution is -0.133. The van der Waals surface area contributed by atoms with Crippen molar-refractivity contribution in [1.29, 1.82) is 0 Å². The van der Waals surface area contributed by atoms with Crippen LogP contribution >= 0.6 is 0 Å². The lowest BCUT2D eigenvalue weighted by atomic mass is 9.97. The zero-order valence-corrected chi connectivity index (χ0v) is 18.0. The molecule has 7 heteroatoms. The van der Waals surface area contributed by atoms with Gasteiger partial charge in [-0.2, -0.15) is 5.10 Å². The number of nitrogens with one attached hydrogen (secondary N) is 1. The Morgan fingerprint density at radius 3 is 2.73 bits per heavy atom. The van der Waals surface area contributed by atoms with Crippen LogP contribution in [0, 0.1) is 6.92 Å². The van der Waals surface area contributed by atoms with Crippen molar-refractivity contribution in [3.63, 3.8) is 0 Å². The molecule has 2 unspecified atom stereocenters. The SMILES string of the molecule is Cc1ccc(C(C)C(=O)N2CCCC2c2[nH]ncc2-c2ccnc(N(C)C)n2)cc1. The number of rotatable bonds is 5.